The van der Waals surface area contributed by atoms with E-state index < -0.39 is 0 Å². The third kappa shape index (κ3) is 3.38. The van der Waals surface area contributed by atoms with Crippen LogP contribution in [0.25, 0.3) is 0 Å². The van der Waals surface area contributed by atoms with Crippen LogP contribution in [0.15, 0.2) is 29.6 Å². The van der Waals surface area contributed by atoms with Crippen LogP contribution in [0, 0.1) is 6.92 Å². The lowest BCUT2D eigenvalue weighted by Gasteiger charge is -2.22. The molecule has 0 saturated heterocycles. The number of hydrogen-bond acceptors (Lipinski definition) is 3. The standard InChI is InChI=1S/C15H17ClN2OS/c1-3-18(13-7-5-4-6-11(13)2)15(19)8-14-17-12(9-16)10-20-14/h4-7,10H,3,8-9H2,1-2H3. The maximum Gasteiger partial charge on any atom is 0.233 e. The number of halogens is 1. The predicted molar refractivity (Wildman–Crippen MR) is 84.6 cm³/mol. The minimum Gasteiger partial charge on any atom is -0.312 e. The highest BCUT2D eigenvalue weighted by atomic mass is 35.5. The number of likely N-dealkylation sites (N-methyl/N-ethyl adjacent to an activating group) is 1. The van der Waals surface area contributed by atoms with Crippen LogP contribution in [0.2, 0.25) is 0 Å². The molecule has 0 fully saturated rings. The Labute approximate surface area is 128 Å². The van der Waals surface area contributed by atoms with Crippen molar-refractivity contribution in [2.45, 2.75) is 26.1 Å². The van der Waals surface area contributed by atoms with Gasteiger partial charge in [0.2, 0.25) is 5.91 Å². The van der Waals surface area contributed by atoms with Crippen molar-refractivity contribution < 1.29 is 4.79 Å². The average molecular weight is 309 g/mol. The first-order chi connectivity index (χ1) is 9.65. The number of alkyl halides is 1. The molecule has 3 nitrogen and oxygen atoms in total. The molecule has 1 aromatic heterocycles. The second-order valence-electron chi connectivity index (χ2n) is 4.47. The lowest BCUT2D eigenvalue weighted by Crippen LogP contribution is -2.32. The molecular weight excluding hydrogens is 292 g/mol. The van der Waals surface area contributed by atoms with Crippen LogP contribution in [0.3, 0.4) is 0 Å². The number of carbonyl (C=O) groups is 1. The third-order valence-corrected chi connectivity index (χ3v) is 4.23. The van der Waals surface area contributed by atoms with E-state index in [4.69, 9.17) is 11.6 Å². The molecule has 0 N–H and O–H groups in total. The number of carbonyl (C=O) groups excluding carboxylic acids is 1. The van der Waals surface area contributed by atoms with Crippen molar-refractivity contribution in [2.24, 2.45) is 0 Å². The van der Waals surface area contributed by atoms with Gasteiger partial charge in [0, 0.05) is 17.6 Å². The predicted octanol–water partition coefficient (Wildman–Crippen LogP) is 3.79. The van der Waals surface area contributed by atoms with Crippen LogP contribution in [0.1, 0.15) is 23.2 Å². The van der Waals surface area contributed by atoms with Crippen LogP contribution in [-0.2, 0) is 17.1 Å². The van der Waals surface area contributed by atoms with Crippen LogP contribution in [0.5, 0.6) is 0 Å². The van der Waals surface area contributed by atoms with Crippen molar-refractivity contribution in [1.29, 1.82) is 0 Å². The third-order valence-electron chi connectivity index (χ3n) is 3.06. The molecule has 1 aromatic carbocycles. The molecule has 106 valence electrons. The van der Waals surface area contributed by atoms with Crippen molar-refractivity contribution in [3.8, 4) is 0 Å². The Balaban J connectivity index is 2.15. The zero-order valence-corrected chi connectivity index (χ0v) is 13.2. The molecule has 0 bridgehead atoms. The molecule has 2 aromatic rings. The maximum atomic E-state index is 12.5. The molecule has 0 atom stereocenters. The number of anilines is 1. The van der Waals surface area contributed by atoms with Crippen molar-refractivity contribution in [3.63, 3.8) is 0 Å². The van der Waals surface area contributed by atoms with Gasteiger partial charge in [0.1, 0.15) is 5.01 Å². The number of hydrogen-bond donors (Lipinski definition) is 0. The van der Waals surface area contributed by atoms with E-state index in [9.17, 15) is 4.79 Å². The summed E-state index contributed by atoms with van der Waals surface area (Å²) in [5.41, 5.74) is 2.90. The molecule has 2 rings (SSSR count). The number of amides is 1. The lowest BCUT2D eigenvalue weighted by atomic mass is 10.1. The van der Waals surface area contributed by atoms with Crippen molar-refractivity contribution in [1.82, 2.24) is 4.98 Å². The van der Waals surface area contributed by atoms with Crippen LogP contribution in [-0.4, -0.2) is 17.4 Å². The van der Waals surface area contributed by atoms with Gasteiger partial charge in [-0.1, -0.05) is 18.2 Å². The van der Waals surface area contributed by atoms with Gasteiger partial charge in [-0.2, -0.15) is 0 Å². The monoisotopic (exact) mass is 308 g/mol. The van der Waals surface area contributed by atoms with Gasteiger partial charge in [0.05, 0.1) is 18.0 Å². The molecule has 20 heavy (non-hydrogen) atoms. The van der Waals surface area contributed by atoms with E-state index in [1.165, 1.54) is 11.3 Å². The Morgan fingerprint density at radius 2 is 2.15 bits per heavy atom. The smallest absolute Gasteiger partial charge is 0.233 e. The fraction of sp³-hybridized carbons (Fsp3) is 0.333. The molecule has 1 amide bonds. The zero-order valence-electron chi connectivity index (χ0n) is 11.6. The highest BCUT2D eigenvalue weighted by Gasteiger charge is 2.17. The molecule has 5 heteroatoms. The Morgan fingerprint density at radius 3 is 2.75 bits per heavy atom. The summed E-state index contributed by atoms with van der Waals surface area (Å²) < 4.78 is 0. The average Bonchev–Trinajstić information content (AvgIpc) is 2.89. The van der Waals surface area contributed by atoms with E-state index in [0.29, 0.717) is 18.8 Å². The van der Waals surface area contributed by atoms with E-state index in [-0.39, 0.29) is 5.91 Å². The summed E-state index contributed by atoms with van der Waals surface area (Å²) >= 11 is 7.22. The number of benzene rings is 1. The number of para-hydroxylation sites is 1. The number of nitrogens with zero attached hydrogens (tertiary/aromatic N) is 2. The zero-order chi connectivity index (χ0) is 14.5. The summed E-state index contributed by atoms with van der Waals surface area (Å²) in [5, 5.41) is 2.72. The molecule has 0 aliphatic rings. The summed E-state index contributed by atoms with van der Waals surface area (Å²) in [6, 6.07) is 7.92. The maximum absolute atomic E-state index is 12.5. The Morgan fingerprint density at radius 1 is 1.40 bits per heavy atom. The minimum absolute atomic E-state index is 0.0669. The van der Waals surface area contributed by atoms with Crippen molar-refractivity contribution in [2.75, 3.05) is 11.4 Å². The number of aryl methyl sites for hydroxylation is 1. The van der Waals surface area contributed by atoms with Gasteiger partial charge in [-0.3, -0.25) is 4.79 Å². The van der Waals surface area contributed by atoms with Gasteiger partial charge in [-0.15, -0.1) is 22.9 Å². The van der Waals surface area contributed by atoms with E-state index >= 15 is 0 Å². The van der Waals surface area contributed by atoms with Gasteiger partial charge >= 0.3 is 0 Å². The highest BCUT2D eigenvalue weighted by molar-refractivity contribution is 7.09. The molecule has 0 radical (unpaired) electrons. The summed E-state index contributed by atoms with van der Waals surface area (Å²) in [6.45, 7) is 4.65. The second-order valence-corrected chi connectivity index (χ2v) is 5.68. The SMILES string of the molecule is CCN(C(=O)Cc1nc(CCl)cs1)c1ccccc1C. The van der Waals surface area contributed by atoms with Gasteiger partial charge in [-0.25, -0.2) is 4.98 Å². The van der Waals surface area contributed by atoms with Gasteiger partial charge in [-0.05, 0) is 25.5 Å². The summed E-state index contributed by atoms with van der Waals surface area (Å²) in [6.07, 6.45) is 0.323. The first-order valence-electron chi connectivity index (χ1n) is 6.51. The molecule has 0 aliphatic heterocycles. The summed E-state index contributed by atoms with van der Waals surface area (Å²) in [4.78, 5) is 18.6. The largest absolute Gasteiger partial charge is 0.312 e. The van der Waals surface area contributed by atoms with Crippen LogP contribution < -0.4 is 4.90 Å². The first kappa shape index (κ1) is 15.0. The van der Waals surface area contributed by atoms with Crippen molar-refractivity contribution >= 4 is 34.5 Å². The summed E-state index contributed by atoms with van der Waals surface area (Å²) in [7, 11) is 0. The van der Waals surface area contributed by atoms with E-state index in [2.05, 4.69) is 4.98 Å². The fourth-order valence-corrected chi connectivity index (χ4v) is 3.08. The first-order valence-corrected chi connectivity index (χ1v) is 7.92. The number of rotatable bonds is 5. The second kappa shape index (κ2) is 6.86. The number of aromatic nitrogens is 1. The van der Waals surface area contributed by atoms with E-state index in [1.807, 2.05) is 43.5 Å². The lowest BCUT2D eigenvalue weighted by molar-refractivity contribution is -0.117. The minimum atomic E-state index is 0.0669. The molecule has 0 saturated carbocycles. The van der Waals surface area contributed by atoms with E-state index in [0.717, 1.165) is 22.0 Å². The fourth-order valence-electron chi connectivity index (χ4n) is 2.06. The highest BCUT2D eigenvalue weighted by Crippen LogP contribution is 2.21. The van der Waals surface area contributed by atoms with E-state index in [1.54, 1.807) is 4.90 Å². The molecule has 0 aliphatic carbocycles. The van der Waals surface area contributed by atoms with Gasteiger partial charge in [0.25, 0.3) is 0 Å². The van der Waals surface area contributed by atoms with Crippen molar-refractivity contribution in [3.05, 3.63) is 45.9 Å². The molecular formula is C15H17ClN2OS. The van der Waals surface area contributed by atoms with Crippen LogP contribution >= 0.6 is 22.9 Å². The normalized spacial score (nSPS) is 10.6. The molecule has 0 unspecified atom stereocenters. The van der Waals surface area contributed by atoms with Crippen LogP contribution in [0.4, 0.5) is 5.69 Å². The Bertz CT molecular complexity index is 597. The Hall–Kier alpha value is -1.39. The topological polar surface area (TPSA) is 33.2 Å². The molecule has 1 heterocycles. The Kier molecular flexibility index (Phi) is 5.15. The summed E-state index contributed by atoms with van der Waals surface area (Å²) in [5.74, 6) is 0.456. The number of thiazole rings is 1. The molecule has 0 spiro atoms. The van der Waals surface area contributed by atoms with Gasteiger partial charge < -0.3 is 4.90 Å². The van der Waals surface area contributed by atoms with Gasteiger partial charge in [0.15, 0.2) is 0 Å². The quantitative estimate of drug-likeness (QED) is 0.787.